The molecule has 34 heavy (non-hydrogen) atoms. The second-order valence-corrected chi connectivity index (χ2v) is 7.27. The molecule has 0 radical (unpaired) electrons. The molecule has 0 fully saturated rings. The van der Waals surface area contributed by atoms with Crippen LogP contribution in [0.3, 0.4) is 0 Å². The summed E-state index contributed by atoms with van der Waals surface area (Å²) in [6.45, 7) is 15.0. The lowest BCUT2D eigenvalue weighted by Gasteiger charge is -2.08. The number of aromatic amines is 1. The van der Waals surface area contributed by atoms with Crippen LogP contribution in [0.2, 0.25) is 0 Å². The summed E-state index contributed by atoms with van der Waals surface area (Å²) in [5.41, 5.74) is 18.6. The molecule has 0 aliphatic carbocycles. The molecule has 0 bridgehead atoms. The third-order valence-corrected chi connectivity index (χ3v) is 3.99. The summed E-state index contributed by atoms with van der Waals surface area (Å²) in [7, 11) is 0. The van der Waals surface area contributed by atoms with Crippen LogP contribution in [0.1, 0.15) is 58.7 Å². The van der Waals surface area contributed by atoms with Gasteiger partial charge in [-0.1, -0.05) is 53.2 Å². The van der Waals surface area contributed by atoms with Gasteiger partial charge in [-0.05, 0) is 50.2 Å². The Labute approximate surface area is 203 Å². The van der Waals surface area contributed by atoms with Crippen molar-refractivity contribution in [2.75, 3.05) is 19.6 Å². The Morgan fingerprint density at radius 1 is 1.15 bits per heavy atom. The highest BCUT2D eigenvalue weighted by Crippen LogP contribution is 2.13. The number of nitrogens with one attached hydrogen (secondary N) is 2. The van der Waals surface area contributed by atoms with E-state index in [1.54, 1.807) is 4.57 Å². The second kappa shape index (κ2) is 18.3. The van der Waals surface area contributed by atoms with E-state index in [4.69, 9.17) is 17.2 Å². The van der Waals surface area contributed by atoms with Gasteiger partial charge in [-0.25, -0.2) is 4.79 Å². The van der Waals surface area contributed by atoms with E-state index in [0.29, 0.717) is 12.2 Å². The maximum Gasteiger partial charge on any atom is 0.354 e. The van der Waals surface area contributed by atoms with E-state index >= 15 is 0 Å². The van der Waals surface area contributed by atoms with E-state index in [-0.39, 0.29) is 11.6 Å². The second-order valence-electron chi connectivity index (χ2n) is 7.27. The zero-order chi connectivity index (χ0) is 25.9. The third-order valence-electron chi connectivity index (χ3n) is 3.99. The van der Waals surface area contributed by atoms with Gasteiger partial charge < -0.3 is 27.5 Å². The Bertz CT molecular complexity index is 1000. The molecule has 9 nitrogen and oxygen atoms in total. The molecule has 0 amide bonds. The minimum absolute atomic E-state index is 0.123. The lowest BCUT2D eigenvalue weighted by Crippen LogP contribution is -2.23. The molecule has 2 aromatic heterocycles. The van der Waals surface area contributed by atoms with Gasteiger partial charge in [0.15, 0.2) is 5.96 Å². The van der Waals surface area contributed by atoms with E-state index in [0.717, 1.165) is 48.4 Å². The van der Waals surface area contributed by atoms with Crippen molar-refractivity contribution in [3.8, 4) is 5.69 Å². The number of aromatic nitrogens is 3. The Balaban J connectivity index is 0.00000121. The van der Waals surface area contributed by atoms with Crippen LogP contribution in [0.5, 0.6) is 0 Å². The summed E-state index contributed by atoms with van der Waals surface area (Å²) in [5.74, 6) is 0.123. The Kier molecular flexibility index (Phi) is 16.6. The first-order chi connectivity index (χ1) is 16.4. The molecule has 3 aromatic rings. The summed E-state index contributed by atoms with van der Waals surface area (Å²) < 4.78 is 1.56. The van der Waals surface area contributed by atoms with Gasteiger partial charge in [-0.2, -0.15) is 4.98 Å². The first-order valence-corrected chi connectivity index (χ1v) is 12.0. The fourth-order valence-electron chi connectivity index (χ4n) is 2.74. The molecular formula is C25H44N8O. The third kappa shape index (κ3) is 11.6. The van der Waals surface area contributed by atoms with Crippen LogP contribution in [-0.4, -0.2) is 40.1 Å². The van der Waals surface area contributed by atoms with Crippen LogP contribution in [0.4, 0.5) is 0 Å². The molecule has 0 unspecified atom stereocenters. The van der Waals surface area contributed by atoms with Crippen LogP contribution in [0.25, 0.3) is 16.7 Å². The number of aryl methyl sites for hydroxylation is 1. The molecule has 9 heteroatoms. The summed E-state index contributed by atoms with van der Waals surface area (Å²) in [4.78, 5) is 23.3. The number of hydrogen-bond donors (Lipinski definition) is 5. The molecule has 0 saturated carbocycles. The van der Waals surface area contributed by atoms with Gasteiger partial charge in [0.25, 0.3) is 0 Å². The molecule has 0 atom stereocenters. The van der Waals surface area contributed by atoms with Gasteiger partial charge in [0, 0.05) is 30.4 Å². The maximum absolute atomic E-state index is 12.2. The Morgan fingerprint density at radius 2 is 1.74 bits per heavy atom. The van der Waals surface area contributed by atoms with E-state index in [1.165, 1.54) is 6.42 Å². The van der Waals surface area contributed by atoms with Crippen molar-refractivity contribution < 1.29 is 0 Å². The van der Waals surface area contributed by atoms with Crippen LogP contribution in [-0.2, 0) is 6.54 Å². The first kappa shape index (κ1) is 30.8. The zero-order valence-electron chi connectivity index (χ0n) is 21.7. The number of fused-ring (bicyclic) bond motifs is 1. The zero-order valence-corrected chi connectivity index (χ0v) is 21.7. The van der Waals surface area contributed by atoms with Crippen LogP contribution in [0, 0.1) is 6.92 Å². The summed E-state index contributed by atoms with van der Waals surface area (Å²) in [5, 5.41) is 4.25. The predicted molar refractivity (Wildman–Crippen MR) is 145 cm³/mol. The van der Waals surface area contributed by atoms with Gasteiger partial charge in [0.05, 0.1) is 5.69 Å². The SMILES string of the molecule is CC.CCC.CCN.Cc1cc2cn(-c3ccc(CNCCCN=C(N)N)cc3)c(=O)nc2[nH]1. The van der Waals surface area contributed by atoms with E-state index in [9.17, 15) is 4.79 Å². The van der Waals surface area contributed by atoms with Gasteiger partial charge in [0.1, 0.15) is 5.65 Å². The average molecular weight is 473 g/mol. The first-order valence-electron chi connectivity index (χ1n) is 12.0. The van der Waals surface area contributed by atoms with Crippen molar-refractivity contribution in [1.82, 2.24) is 19.9 Å². The molecule has 2 heterocycles. The van der Waals surface area contributed by atoms with Crippen molar-refractivity contribution in [3.63, 3.8) is 0 Å². The average Bonchev–Trinajstić information content (AvgIpc) is 3.17. The fourth-order valence-corrected chi connectivity index (χ4v) is 2.74. The molecule has 190 valence electrons. The lowest BCUT2D eigenvalue weighted by molar-refractivity contribution is 0.655. The molecule has 8 N–H and O–H groups in total. The van der Waals surface area contributed by atoms with Gasteiger partial charge in [-0.15, -0.1) is 0 Å². The number of nitrogens with zero attached hydrogens (tertiary/aromatic N) is 3. The Hall–Kier alpha value is -3.17. The van der Waals surface area contributed by atoms with Gasteiger partial charge >= 0.3 is 5.69 Å². The monoisotopic (exact) mass is 472 g/mol. The maximum atomic E-state index is 12.2. The number of benzene rings is 1. The van der Waals surface area contributed by atoms with Crippen molar-refractivity contribution in [3.05, 3.63) is 58.3 Å². The molecule has 0 aliphatic rings. The molecule has 3 rings (SSSR count). The largest absolute Gasteiger partial charge is 0.370 e. The van der Waals surface area contributed by atoms with Crippen molar-refractivity contribution in [2.45, 2.75) is 60.9 Å². The van der Waals surface area contributed by atoms with Gasteiger partial charge in [-0.3, -0.25) is 9.56 Å². The summed E-state index contributed by atoms with van der Waals surface area (Å²) >= 11 is 0. The predicted octanol–water partition coefficient (Wildman–Crippen LogP) is 3.18. The summed E-state index contributed by atoms with van der Waals surface area (Å²) in [6, 6.07) is 9.81. The topological polar surface area (TPSA) is 153 Å². The van der Waals surface area contributed by atoms with Crippen LogP contribution in [0.15, 0.2) is 46.3 Å². The number of nitrogens with two attached hydrogens (primary N) is 3. The minimum Gasteiger partial charge on any atom is -0.370 e. The molecule has 0 spiro atoms. The number of hydrogen-bond acceptors (Lipinski definition) is 5. The highest BCUT2D eigenvalue weighted by molar-refractivity contribution is 5.76. The molecule has 0 aliphatic heterocycles. The summed E-state index contributed by atoms with van der Waals surface area (Å²) in [6.07, 6.45) is 3.93. The van der Waals surface area contributed by atoms with Gasteiger partial charge in [0.2, 0.25) is 0 Å². The fraction of sp³-hybridized carbons (Fsp3) is 0.480. The highest BCUT2D eigenvalue weighted by atomic mass is 16.1. The van der Waals surface area contributed by atoms with Crippen molar-refractivity contribution in [1.29, 1.82) is 0 Å². The van der Waals surface area contributed by atoms with Crippen molar-refractivity contribution >= 4 is 17.0 Å². The number of H-pyrrole nitrogens is 1. The number of aliphatic imine (C=N–C) groups is 1. The minimum atomic E-state index is -0.301. The smallest absolute Gasteiger partial charge is 0.354 e. The van der Waals surface area contributed by atoms with Crippen LogP contribution >= 0.6 is 0 Å². The van der Waals surface area contributed by atoms with E-state index in [2.05, 4.69) is 34.1 Å². The quantitative estimate of drug-likeness (QED) is 0.202. The molecule has 0 saturated heterocycles. The van der Waals surface area contributed by atoms with Crippen LogP contribution < -0.4 is 28.2 Å². The lowest BCUT2D eigenvalue weighted by atomic mass is 10.2. The van der Waals surface area contributed by atoms with Crippen molar-refractivity contribution in [2.24, 2.45) is 22.2 Å². The molecular weight excluding hydrogens is 428 g/mol. The Morgan fingerprint density at radius 3 is 2.29 bits per heavy atom. The molecule has 1 aromatic carbocycles. The number of guanidine groups is 1. The number of rotatable bonds is 7. The van der Waals surface area contributed by atoms with E-state index < -0.39 is 0 Å². The van der Waals surface area contributed by atoms with E-state index in [1.807, 2.05) is 64.2 Å². The normalized spacial score (nSPS) is 9.62. The highest BCUT2D eigenvalue weighted by Gasteiger charge is 2.06. The standard InChI is InChI=1S/C18H23N7O.C3H8.C2H7N.C2H6/c1-12-9-14-11-25(18(26)24-16(14)23-12)15-5-3-13(4-6-15)10-21-7-2-8-22-17(19)20;1-3-2;1-2-3;1-2/h3-6,9,11,21H,2,7-8,10H2,1H3,(H4,19,20,22)(H,23,24,26);3H2,1-2H3;2-3H2,1H3;1-2H3.